The molecule has 1 saturated heterocycles. The first-order valence-electron chi connectivity index (χ1n) is 8.73. The van der Waals surface area contributed by atoms with Crippen molar-refractivity contribution in [1.82, 2.24) is 0 Å². The van der Waals surface area contributed by atoms with Gasteiger partial charge in [0.15, 0.2) is 12.4 Å². The zero-order valence-corrected chi connectivity index (χ0v) is 14.8. The molecule has 3 amide bonds. The molecule has 1 atom stereocenters. The van der Waals surface area contributed by atoms with Crippen molar-refractivity contribution in [2.75, 3.05) is 35.3 Å². The van der Waals surface area contributed by atoms with Crippen molar-refractivity contribution >= 4 is 34.8 Å². The number of fused-ring (bicyclic) bond motifs is 1. The number of carbonyl (C=O) groups excluding carboxylic acids is 3. The molecule has 4 rings (SSSR count). The molecule has 7 heteroatoms. The highest BCUT2D eigenvalue weighted by Crippen LogP contribution is 2.38. The lowest BCUT2D eigenvalue weighted by Crippen LogP contribution is -2.36. The van der Waals surface area contributed by atoms with Gasteiger partial charge in [-0.25, -0.2) is 0 Å². The Labute approximate surface area is 156 Å². The van der Waals surface area contributed by atoms with E-state index in [0.717, 1.165) is 5.69 Å². The van der Waals surface area contributed by atoms with E-state index in [1.165, 1.54) is 4.90 Å². The van der Waals surface area contributed by atoms with Gasteiger partial charge in [-0.1, -0.05) is 24.3 Å². The number of likely N-dealkylation sites (N-methyl/N-ethyl adjacent to an activating group) is 1. The number of benzene rings is 2. The van der Waals surface area contributed by atoms with E-state index in [4.69, 9.17) is 4.74 Å². The predicted octanol–water partition coefficient (Wildman–Crippen LogP) is 2.03. The second-order valence-electron chi connectivity index (χ2n) is 6.63. The molecule has 0 aromatic heterocycles. The number of hydrogen-bond acceptors (Lipinski definition) is 4. The van der Waals surface area contributed by atoms with Crippen LogP contribution < -0.4 is 19.9 Å². The molecule has 2 heterocycles. The molecule has 138 valence electrons. The molecule has 7 nitrogen and oxygen atoms in total. The minimum atomic E-state index is -0.448. The standard InChI is InChI=1S/C20H19N3O4/c1-22-16-9-5-8-15(19(16)27-12-18(22)25)21-20(26)13-10-17(24)23(11-13)14-6-3-2-4-7-14/h2-9,13H,10-12H2,1H3,(H,21,26). The van der Waals surface area contributed by atoms with Gasteiger partial charge >= 0.3 is 0 Å². The first kappa shape index (κ1) is 17.1. The van der Waals surface area contributed by atoms with Crippen molar-refractivity contribution in [3.63, 3.8) is 0 Å². The molecule has 2 aromatic carbocycles. The lowest BCUT2D eigenvalue weighted by Gasteiger charge is -2.27. The Morgan fingerprint density at radius 2 is 1.85 bits per heavy atom. The van der Waals surface area contributed by atoms with Gasteiger partial charge in [0.1, 0.15) is 0 Å². The van der Waals surface area contributed by atoms with Crippen LogP contribution in [0.15, 0.2) is 48.5 Å². The van der Waals surface area contributed by atoms with Gasteiger partial charge in [-0.15, -0.1) is 0 Å². The largest absolute Gasteiger partial charge is 0.479 e. The average Bonchev–Trinajstić information content (AvgIpc) is 3.08. The summed E-state index contributed by atoms with van der Waals surface area (Å²) < 4.78 is 5.53. The number of ether oxygens (including phenoxy) is 1. The van der Waals surface area contributed by atoms with Gasteiger partial charge in [0, 0.05) is 25.7 Å². The van der Waals surface area contributed by atoms with Crippen LogP contribution in [0.25, 0.3) is 0 Å². The van der Waals surface area contributed by atoms with E-state index in [1.54, 1.807) is 30.1 Å². The zero-order valence-electron chi connectivity index (χ0n) is 14.8. The van der Waals surface area contributed by atoms with Crippen molar-refractivity contribution in [2.45, 2.75) is 6.42 Å². The Morgan fingerprint density at radius 1 is 1.07 bits per heavy atom. The summed E-state index contributed by atoms with van der Waals surface area (Å²) in [5.41, 5.74) is 1.90. The predicted molar refractivity (Wildman–Crippen MR) is 101 cm³/mol. The number of nitrogens with one attached hydrogen (secondary N) is 1. The summed E-state index contributed by atoms with van der Waals surface area (Å²) >= 11 is 0. The Hall–Kier alpha value is -3.35. The number of hydrogen-bond donors (Lipinski definition) is 1. The first-order chi connectivity index (χ1) is 13.0. The van der Waals surface area contributed by atoms with Crippen LogP contribution in [0.5, 0.6) is 5.75 Å². The van der Waals surface area contributed by atoms with Crippen molar-refractivity contribution in [2.24, 2.45) is 5.92 Å². The fourth-order valence-corrected chi connectivity index (χ4v) is 3.38. The molecule has 27 heavy (non-hydrogen) atoms. The molecule has 0 bridgehead atoms. The maximum atomic E-state index is 12.7. The van der Waals surface area contributed by atoms with Crippen molar-refractivity contribution < 1.29 is 19.1 Å². The topological polar surface area (TPSA) is 79.0 Å². The molecule has 1 N–H and O–H groups in total. The molecule has 0 radical (unpaired) electrons. The van der Waals surface area contributed by atoms with Crippen LogP contribution in [0.4, 0.5) is 17.1 Å². The molecule has 2 aliphatic heterocycles. The van der Waals surface area contributed by atoms with E-state index >= 15 is 0 Å². The summed E-state index contributed by atoms with van der Waals surface area (Å²) in [6.07, 6.45) is 0.162. The van der Waals surface area contributed by atoms with Crippen LogP contribution in [0.2, 0.25) is 0 Å². The van der Waals surface area contributed by atoms with Crippen LogP contribution in [-0.4, -0.2) is 37.9 Å². The first-order valence-corrected chi connectivity index (χ1v) is 8.73. The zero-order chi connectivity index (χ0) is 19.0. The number of nitrogens with zero attached hydrogens (tertiary/aromatic N) is 2. The third-order valence-electron chi connectivity index (χ3n) is 4.89. The summed E-state index contributed by atoms with van der Waals surface area (Å²) in [4.78, 5) is 40.0. The second kappa shape index (κ2) is 6.75. The lowest BCUT2D eigenvalue weighted by molar-refractivity contribution is -0.122. The number of para-hydroxylation sites is 2. The van der Waals surface area contributed by atoms with Crippen molar-refractivity contribution in [3.05, 3.63) is 48.5 Å². The molecule has 1 fully saturated rings. The van der Waals surface area contributed by atoms with E-state index in [2.05, 4.69) is 5.32 Å². The molecule has 0 saturated carbocycles. The average molecular weight is 365 g/mol. The van der Waals surface area contributed by atoms with Gasteiger partial charge < -0.3 is 19.9 Å². The normalized spacial score (nSPS) is 18.9. The van der Waals surface area contributed by atoms with Gasteiger partial charge in [-0.05, 0) is 24.3 Å². The molecular formula is C20H19N3O4. The van der Waals surface area contributed by atoms with E-state index in [0.29, 0.717) is 23.7 Å². The quantitative estimate of drug-likeness (QED) is 0.903. The summed E-state index contributed by atoms with van der Waals surface area (Å²) in [5.74, 6) is -0.434. The highest BCUT2D eigenvalue weighted by molar-refractivity contribution is 6.05. The van der Waals surface area contributed by atoms with Crippen LogP contribution >= 0.6 is 0 Å². The summed E-state index contributed by atoms with van der Waals surface area (Å²) in [5, 5.41) is 2.86. The maximum Gasteiger partial charge on any atom is 0.264 e. The van der Waals surface area contributed by atoms with E-state index in [-0.39, 0.29) is 30.7 Å². The summed E-state index contributed by atoms with van der Waals surface area (Å²) in [7, 11) is 1.67. The van der Waals surface area contributed by atoms with Crippen LogP contribution in [-0.2, 0) is 14.4 Å². The fourth-order valence-electron chi connectivity index (χ4n) is 3.38. The van der Waals surface area contributed by atoms with E-state index < -0.39 is 5.92 Å². The third kappa shape index (κ3) is 3.12. The van der Waals surface area contributed by atoms with E-state index in [1.807, 2.05) is 30.3 Å². The van der Waals surface area contributed by atoms with E-state index in [9.17, 15) is 14.4 Å². The summed E-state index contributed by atoms with van der Waals surface area (Å²) in [6, 6.07) is 14.6. The monoisotopic (exact) mass is 365 g/mol. The van der Waals surface area contributed by atoms with Gasteiger partial charge in [0.05, 0.1) is 17.3 Å². The maximum absolute atomic E-state index is 12.7. The van der Waals surface area contributed by atoms with Crippen molar-refractivity contribution in [1.29, 1.82) is 0 Å². The van der Waals surface area contributed by atoms with Gasteiger partial charge in [0.25, 0.3) is 5.91 Å². The van der Waals surface area contributed by atoms with Crippen LogP contribution in [0.1, 0.15) is 6.42 Å². The minimum absolute atomic E-state index is 0.0694. The van der Waals surface area contributed by atoms with Gasteiger partial charge in [0.2, 0.25) is 11.8 Å². The van der Waals surface area contributed by atoms with Gasteiger partial charge in [-0.2, -0.15) is 0 Å². The Bertz CT molecular complexity index is 913. The third-order valence-corrected chi connectivity index (χ3v) is 4.89. The molecule has 2 aromatic rings. The van der Waals surface area contributed by atoms with Crippen molar-refractivity contribution in [3.8, 4) is 5.75 Å². The number of carbonyl (C=O) groups is 3. The minimum Gasteiger partial charge on any atom is -0.479 e. The Balaban J connectivity index is 1.51. The van der Waals surface area contributed by atoms with Crippen LogP contribution in [0, 0.1) is 5.92 Å². The Morgan fingerprint density at radius 3 is 2.63 bits per heavy atom. The number of anilines is 3. The number of rotatable bonds is 3. The molecular weight excluding hydrogens is 346 g/mol. The SMILES string of the molecule is CN1C(=O)COc2c(NC(=O)C3CC(=O)N(c4ccccc4)C3)cccc21. The molecule has 2 aliphatic rings. The molecule has 0 aliphatic carbocycles. The molecule has 0 spiro atoms. The second-order valence-corrected chi connectivity index (χ2v) is 6.63. The smallest absolute Gasteiger partial charge is 0.264 e. The summed E-state index contributed by atoms with van der Waals surface area (Å²) in [6.45, 7) is 0.267. The lowest BCUT2D eigenvalue weighted by atomic mass is 10.1. The fraction of sp³-hybridized carbons (Fsp3) is 0.250. The Kier molecular flexibility index (Phi) is 4.27. The van der Waals surface area contributed by atoms with Crippen LogP contribution in [0.3, 0.4) is 0 Å². The highest BCUT2D eigenvalue weighted by Gasteiger charge is 2.35. The molecule has 1 unspecified atom stereocenters. The number of amides is 3. The highest BCUT2D eigenvalue weighted by atomic mass is 16.5. The van der Waals surface area contributed by atoms with Gasteiger partial charge in [-0.3, -0.25) is 14.4 Å².